The highest BCUT2D eigenvalue weighted by atomic mass is 16.4. The Labute approximate surface area is 101 Å². The van der Waals surface area contributed by atoms with Crippen molar-refractivity contribution in [3.63, 3.8) is 0 Å². The first kappa shape index (κ1) is 13.7. The first-order chi connectivity index (χ1) is 8.10. The topological polar surface area (TPSA) is 77.8 Å². The van der Waals surface area contributed by atoms with Crippen molar-refractivity contribution in [1.82, 2.24) is 4.90 Å². The number of aliphatic hydroxyl groups is 1. The van der Waals surface area contributed by atoms with Crippen molar-refractivity contribution in [2.75, 3.05) is 13.2 Å². The van der Waals surface area contributed by atoms with Crippen LogP contribution in [0.3, 0.4) is 0 Å². The fourth-order valence-corrected chi connectivity index (χ4v) is 2.15. The smallest absolute Gasteiger partial charge is 0.307 e. The highest BCUT2D eigenvalue weighted by Crippen LogP contribution is 2.20. The van der Waals surface area contributed by atoms with Crippen LogP contribution in [0.5, 0.6) is 0 Å². The largest absolute Gasteiger partial charge is 0.481 e. The van der Waals surface area contributed by atoms with Crippen LogP contribution in [0, 0.1) is 5.92 Å². The molecule has 96 valence electrons. The van der Waals surface area contributed by atoms with Crippen molar-refractivity contribution in [3.8, 4) is 0 Å². The van der Waals surface area contributed by atoms with Crippen LogP contribution in [-0.2, 0) is 9.59 Å². The minimum atomic E-state index is -0.974. The molecule has 0 aliphatic carbocycles. The average molecular weight is 241 g/mol. The maximum Gasteiger partial charge on any atom is 0.307 e. The van der Waals surface area contributed by atoms with Crippen LogP contribution in [0.2, 0.25) is 0 Å². The molecule has 2 N–H and O–H groups in total. The molecule has 0 unspecified atom stereocenters. The van der Waals surface area contributed by atoms with Crippen LogP contribution >= 0.6 is 0 Å². The minimum Gasteiger partial charge on any atom is -0.481 e. The zero-order valence-electron chi connectivity index (χ0n) is 9.84. The van der Waals surface area contributed by atoms with E-state index in [4.69, 9.17) is 10.2 Å². The fourth-order valence-electron chi connectivity index (χ4n) is 2.15. The zero-order chi connectivity index (χ0) is 12.8. The summed E-state index contributed by atoms with van der Waals surface area (Å²) in [4.78, 5) is 24.4. The van der Waals surface area contributed by atoms with Crippen molar-refractivity contribution in [2.45, 2.75) is 31.7 Å². The minimum absolute atomic E-state index is 0.0160. The number of hydrogen-bond donors (Lipinski definition) is 2. The summed E-state index contributed by atoms with van der Waals surface area (Å²) in [5.41, 5.74) is 0. The Morgan fingerprint density at radius 3 is 2.76 bits per heavy atom. The lowest BCUT2D eigenvalue weighted by atomic mass is 10.0. The van der Waals surface area contributed by atoms with Crippen molar-refractivity contribution in [3.05, 3.63) is 12.7 Å². The monoisotopic (exact) mass is 241 g/mol. The molecule has 1 heterocycles. The number of carboxylic acid groups (broad SMARTS) is 1. The molecule has 17 heavy (non-hydrogen) atoms. The number of allylic oxidation sites excluding steroid dienone is 1. The molecule has 5 heteroatoms. The number of rotatable bonds is 6. The number of amides is 1. The van der Waals surface area contributed by atoms with Gasteiger partial charge in [-0.3, -0.25) is 9.59 Å². The molecule has 5 nitrogen and oxygen atoms in total. The lowest BCUT2D eigenvalue weighted by Crippen LogP contribution is -2.39. The molecule has 1 aliphatic heterocycles. The van der Waals surface area contributed by atoms with Crippen LogP contribution in [0.25, 0.3) is 0 Å². The third-order valence-corrected chi connectivity index (χ3v) is 3.13. The molecule has 1 aliphatic rings. The van der Waals surface area contributed by atoms with Gasteiger partial charge in [0.05, 0.1) is 18.6 Å². The summed E-state index contributed by atoms with van der Waals surface area (Å²) in [6.45, 7) is 4.06. The zero-order valence-corrected chi connectivity index (χ0v) is 9.84. The summed E-state index contributed by atoms with van der Waals surface area (Å²) in [6.07, 6.45) is 3.45. The Balaban J connectivity index is 2.57. The average Bonchev–Trinajstić information content (AvgIpc) is 2.76. The molecular weight excluding hydrogens is 222 g/mol. The number of nitrogens with zero attached hydrogens (tertiary/aromatic N) is 1. The van der Waals surface area contributed by atoms with Crippen LogP contribution in [-0.4, -0.2) is 46.2 Å². The van der Waals surface area contributed by atoms with Gasteiger partial charge in [0, 0.05) is 13.0 Å². The van der Waals surface area contributed by atoms with Gasteiger partial charge in [-0.05, 0) is 19.3 Å². The lowest BCUT2D eigenvalue weighted by molar-refractivity contribution is -0.146. The van der Waals surface area contributed by atoms with E-state index in [0.717, 1.165) is 12.8 Å². The molecule has 0 aromatic rings. The third-order valence-electron chi connectivity index (χ3n) is 3.13. The normalized spacial score (nSPS) is 21.2. The molecule has 0 spiro atoms. The van der Waals surface area contributed by atoms with E-state index >= 15 is 0 Å². The van der Waals surface area contributed by atoms with E-state index in [9.17, 15) is 9.59 Å². The summed E-state index contributed by atoms with van der Waals surface area (Å²) in [5.74, 6) is -1.87. The quantitative estimate of drug-likeness (QED) is 0.669. The predicted octanol–water partition coefficient (Wildman–Crippen LogP) is 0.637. The number of carbonyl (C=O) groups excluding carboxylic acids is 1. The lowest BCUT2D eigenvalue weighted by Gasteiger charge is -2.24. The Hall–Kier alpha value is -1.36. The van der Waals surface area contributed by atoms with E-state index in [2.05, 4.69) is 6.58 Å². The summed E-state index contributed by atoms with van der Waals surface area (Å²) < 4.78 is 0. The molecule has 0 aromatic carbocycles. The van der Waals surface area contributed by atoms with Crippen molar-refractivity contribution in [2.24, 2.45) is 5.92 Å². The van der Waals surface area contributed by atoms with E-state index in [-0.39, 0.29) is 25.0 Å². The second-order valence-corrected chi connectivity index (χ2v) is 4.33. The van der Waals surface area contributed by atoms with E-state index in [1.54, 1.807) is 4.90 Å². The first-order valence-corrected chi connectivity index (χ1v) is 5.84. The Kier molecular flexibility index (Phi) is 5.15. The van der Waals surface area contributed by atoms with Gasteiger partial charge in [0.1, 0.15) is 0 Å². The van der Waals surface area contributed by atoms with Gasteiger partial charge in [0.2, 0.25) is 5.91 Å². The maximum absolute atomic E-state index is 11.9. The maximum atomic E-state index is 11.9. The van der Waals surface area contributed by atoms with Crippen molar-refractivity contribution < 1.29 is 19.8 Å². The first-order valence-electron chi connectivity index (χ1n) is 5.84. The van der Waals surface area contributed by atoms with Gasteiger partial charge in [-0.1, -0.05) is 6.08 Å². The summed E-state index contributed by atoms with van der Waals surface area (Å²) >= 11 is 0. The van der Waals surface area contributed by atoms with Gasteiger partial charge >= 0.3 is 5.97 Å². The number of aliphatic carboxylic acids is 1. The van der Waals surface area contributed by atoms with Crippen LogP contribution in [0.4, 0.5) is 0 Å². The SMILES string of the molecule is C=CC[C@@H](CC(=O)N1CCC[C@H]1CO)C(=O)O. The van der Waals surface area contributed by atoms with E-state index < -0.39 is 11.9 Å². The molecule has 1 rings (SSSR count). The number of carboxylic acids is 1. The number of likely N-dealkylation sites (tertiary alicyclic amines) is 1. The van der Waals surface area contributed by atoms with E-state index in [0.29, 0.717) is 13.0 Å². The summed E-state index contributed by atoms with van der Waals surface area (Å²) in [6, 6.07) is -0.138. The number of carbonyl (C=O) groups is 2. The van der Waals surface area contributed by atoms with Gasteiger partial charge < -0.3 is 15.1 Å². The van der Waals surface area contributed by atoms with E-state index in [1.165, 1.54) is 6.08 Å². The van der Waals surface area contributed by atoms with Gasteiger partial charge in [-0.2, -0.15) is 0 Å². The number of hydrogen-bond acceptors (Lipinski definition) is 3. The molecule has 2 atom stereocenters. The number of aliphatic hydroxyl groups excluding tert-OH is 1. The van der Waals surface area contributed by atoms with Crippen molar-refractivity contribution in [1.29, 1.82) is 0 Å². The highest BCUT2D eigenvalue weighted by Gasteiger charge is 2.30. The summed E-state index contributed by atoms with van der Waals surface area (Å²) in [7, 11) is 0. The third kappa shape index (κ3) is 3.56. The van der Waals surface area contributed by atoms with Crippen LogP contribution in [0.15, 0.2) is 12.7 Å². The summed E-state index contributed by atoms with van der Waals surface area (Å²) in [5, 5.41) is 18.1. The van der Waals surface area contributed by atoms with Gasteiger partial charge in [0.25, 0.3) is 0 Å². The Bertz CT molecular complexity index is 303. The molecule has 0 bridgehead atoms. The Morgan fingerprint density at radius 2 is 2.24 bits per heavy atom. The van der Waals surface area contributed by atoms with E-state index in [1.807, 2.05) is 0 Å². The molecule has 1 amide bonds. The van der Waals surface area contributed by atoms with Gasteiger partial charge in [-0.15, -0.1) is 6.58 Å². The standard InChI is InChI=1S/C12H19NO4/c1-2-4-9(12(16)17)7-11(15)13-6-3-5-10(13)8-14/h2,9-10,14H,1,3-8H2,(H,16,17)/t9-,10-/m0/s1. The molecule has 0 saturated carbocycles. The second-order valence-electron chi connectivity index (χ2n) is 4.33. The van der Waals surface area contributed by atoms with Gasteiger partial charge in [0.15, 0.2) is 0 Å². The highest BCUT2D eigenvalue weighted by molar-refractivity contribution is 5.82. The molecule has 0 radical (unpaired) electrons. The molecule has 1 fully saturated rings. The fraction of sp³-hybridized carbons (Fsp3) is 0.667. The predicted molar refractivity (Wildman–Crippen MR) is 62.4 cm³/mol. The molecule has 1 saturated heterocycles. The second kappa shape index (κ2) is 6.39. The van der Waals surface area contributed by atoms with Crippen molar-refractivity contribution >= 4 is 11.9 Å². The van der Waals surface area contributed by atoms with Gasteiger partial charge in [-0.25, -0.2) is 0 Å². The molecule has 0 aromatic heterocycles. The Morgan fingerprint density at radius 1 is 1.53 bits per heavy atom. The molecular formula is C12H19NO4. The van der Waals surface area contributed by atoms with Crippen LogP contribution in [0.1, 0.15) is 25.7 Å². The van der Waals surface area contributed by atoms with Crippen LogP contribution < -0.4 is 0 Å².